The Morgan fingerprint density at radius 1 is 1.43 bits per heavy atom. The highest BCUT2D eigenvalue weighted by molar-refractivity contribution is 5.83. The molecule has 0 bridgehead atoms. The van der Waals surface area contributed by atoms with Crippen LogP contribution in [0, 0.1) is 0 Å². The first-order valence-corrected chi connectivity index (χ1v) is 4.41. The van der Waals surface area contributed by atoms with Crippen LogP contribution in [0.1, 0.15) is 13.3 Å². The molecule has 4 nitrogen and oxygen atoms in total. The minimum atomic E-state index is -1.42. The zero-order chi connectivity index (χ0) is 10.6. The lowest BCUT2D eigenvalue weighted by Crippen LogP contribution is -2.56. The standard InChI is InChI=1S/C10H14N2O2/c1-2-10(12,9(11)13)14-8-6-4-3-5-7-8/h3-7H,2,12H2,1H3,(H2,11,13). The predicted octanol–water partition coefficient (Wildman–Crippen LogP) is 0.616. The molecule has 1 rings (SSSR count). The maximum Gasteiger partial charge on any atom is 0.277 e. The van der Waals surface area contributed by atoms with E-state index in [1.54, 1.807) is 31.2 Å². The number of rotatable bonds is 4. The van der Waals surface area contributed by atoms with Crippen LogP contribution < -0.4 is 16.2 Å². The summed E-state index contributed by atoms with van der Waals surface area (Å²) in [6.07, 6.45) is 0.331. The normalized spacial score (nSPS) is 14.4. The Labute approximate surface area is 82.8 Å². The van der Waals surface area contributed by atoms with Crippen LogP contribution in [0.25, 0.3) is 0 Å². The second kappa shape index (κ2) is 4.11. The number of hydrogen-bond donors (Lipinski definition) is 2. The molecule has 0 radical (unpaired) electrons. The minimum Gasteiger partial charge on any atom is -0.464 e. The molecule has 0 aliphatic carbocycles. The van der Waals surface area contributed by atoms with Crippen LogP contribution in [0.3, 0.4) is 0 Å². The van der Waals surface area contributed by atoms with Gasteiger partial charge < -0.3 is 10.5 Å². The lowest BCUT2D eigenvalue weighted by atomic mass is 10.1. The van der Waals surface area contributed by atoms with Gasteiger partial charge in [-0.2, -0.15) is 0 Å². The van der Waals surface area contributed by atoms with Crippen molar-refractivity contribution in [2.24, 2.45) is 11.5 Å². The van der Waals surface area contributed by atoms with Gasteiger partial charge in [-0.15, -0.1) is 0 Å². The van der Waals surface area contributed by atoms with Crippen LogP contribution in [0.5, 0.6) is 5.75 Å². The molecule has 4 heteroatoms. The van der Waals surface area contributed by atoms with Crippen molar-refractivity contribution < 1.29 is 9.53 Å². The first-order valence-electron chi connectivity index (χ1n) is 4.41. The maximum absolute atomic E-state index is 11.0. The Kier molecular flexibility index (Phi) is 3.09. The van der Waals surface area contributed by atoms with Crippen molar-refractivity contribution in [3.05, 3.63) is 30.3 Å². The molecule has 0 aliphatic rings. The van der Waals surface area contributed by atoms with Crippen molar-refractivity contribution >= 4 is 5.91 Å². The molecule has 0 saturated heterocycles. The van der Waals surface area contributed by atoms with E-state index in [2.05, 4.69) is 0 Å². The van der Waals surface area contributed by atoms with Gasteiger partial charge >= 0.3 is 0 Å². The average Bonchev–Trinajstić information content (AvgIpc) is 2.19. The van der Waals surface area contributed by atoms with Crippen LogP contribution in [0.4, 0.5) is 0 Å². The fourth-order valence-electron chi connectivity index (χ4n) is 0.996. The van der Waals surface area contributed by atoms with Gasteiger partial charge in [0, 0.05) is 6.42 Å². The zero-order valence-corrected chi connectivity index (χ0v) is 8.07. The Hall–Kier alpha value is -1.55. The Bertz CT molecular complexity index is 313. The van der Waals surface area contributed by atoms with Gasteiger partial charge in [-0.3, -0.25) is 10.5 Å². The molecule has 0 heterocycles. The second-order valence-corrected chi connectivity index (χ2v) is 3.02. The third-order valence-corrected chi connectivity index (χ3v) is 1.99. The Morgan fingerprint density at radius 2 is 2.00 bits per heavy atom. The number of para-hydroxylation sites is 1. The topological polar surface area (TPSA) is 78.3 Å². The summed E-state index contributed by atoms with van der Waals surface area (Å²) in [5, 5.41) is 0. The molecule has 1 aromatic rings. The lowest BCUT2D eigenvalue weighted by molar-refractivity contribution is -0.133. The number of nitrogens with two attached hydrogens (primary N) is 2. The van der Waals surface area contributed by atoms with E-state index >= 15 is 0 Å². The number of carbonyl (C=O) groups is 1. The van der Waals surface area contributed by atoms with E-state index in [1.165, 1.54) is 0 Å². The van der Waals surface area contributed by atoms with Crippen molar-refractivity contribution in [2.45, 2.75) is 19.1 Å². The molecule has 4 N–H and O–H groups in total. The van der Waals surface area contributed by atoms with Gasteiger partial charge in [0.05, 0.1) is 0 Å². The Morgan fingerprint density at radius 3 is 2.43 bits per heavy atom. The molecule has 0 spiro atoms. The minimum absolute atomic E-state index is 0.331. The van der Waals surface area contributed by atoms with Crippen molar-refractivity contribution in [1.29, 1.82) is 0 Å². The van der Waals surface area contributed by atoms with Crippen LogP contribution in [0.2, 0.25) is 0 Å². The third-order valence-electron chi connectivity index (χ3n) is 1.99. The predicted molar refractivity (Wildman–Crippen MR) is 53.5 cm³/mol. The molecule has 0 aliphatic heterocycles. The summed E-state index contributed by atoms with van der Waals surface area (Å²) in [5.74, 6) is -0.125. The van der Waals surface area contributed by atoms with E-state index in [4.69, 9.17) is 16.2 Å². The number of primary amides is 1. The molecule has 1 amide bonds. The van der Waals surface area contributed by atoms with E-state index in [1.807, 2.05) is 6.07 Å². The summed E-state index contributed by atoms with van der Waals surface area (Å²) in [6, 6.07) is 8.89. The molecule has 76 valence electrons. The van der Waals surface area contributed by atoms with E-state index < -0.39 is 11.6 Å². The third kappa shape index (κ3) is 2.23. The highest BCUT2D eigenvalue weighted by Gasteiger charge is 2.32. The number of amides is 1. The molecule has 1 unspecified atom stereocenters. The van der Waals surface area contributed by atoms with E-state index in [0.29, 0.717) is 12.2 Å². The van der Waals surface area contributed by atoms with Gasteiger partial charge in [0.25, 0.3) is 5.91 Å². The van der Waals surface area contributed by atoms with Crippen molar-refractivity contribution in [1.82, 2.24) is 0 Å². The highest BCUT2D eigenvalue weighted by atomic mass is 16.5. The highest BCUT2D eigenvalue weighted by Crippen LogP contribution is 2.16. The zero-order valence-electron chi connectivity index (χ0n) is 8.07. The molecule has 0 fully saturated rings. The lowest BCUT2D eigenvalue weighted by Gasteiger charge is -2.25. The summed E-state index contributed by atoms with van der Waals surface area (Å²) < 4.78 is 5.32. The van der Waals surface area contributed by atoms with Crippen molar-refractivity contribution in [2.75, 3.05) is 0 Å². The largest absolute Gasteiger partial charge is 0.464 e. The fraction of sp³-hybridized carbons (Fsp3) is 0.300. The average molecular weight is 194 g/mol. The van der Waals surface area contributed by atoms with E-state index in [-0.39, 0.29) is 0 Å². The summed E-state index contributed by atoms with van der Waals surface area (Å²) in [6.45, 7) is 1.74. The van der Waals surface area contributed by atoms with Crippen LogP contribution in [-0.2, 0) is 4.79 Å². The van der Waals surface area contributed by atoms with Crippen molar-refractivity contribution in [3.63, 3.8) is 0 Å². The van der Waals surface area contributed by atoms with E-state index in [0.717, 1.165) is 0 Å². The van der Waals surface area contributed by atoms with Gasteiger partial charge in [-0.25, -0.2) is 0 Å². The Balaban J connectivity index is 2.81. The van der Waals surface area contributed by atoms with Gasteiger partial charge in [0.1, 0.15) is 5.75 Å². The molecule has 0 saturated carbocycles. The van der Waals surface area contributed by atoms with Crippen LogP contribution >= 0.6 is 0 Å². The summed E-state index contributed by atoms with van der Waals surface area (Å²) in [4.78, 5) is 11.0. The molecular formula is C10H14N2O2. The van der Waals surface area contributed by atoms with Gasteiger partial charge in [-0.05, 0) is 12.1 Å². The second-order valence-electron chi connectivity index (χ2n) is 3.02. The van der Waals surface area contributed by atoms with Crippen molar-refractivity contribution in [3.8, 4) is 5.75 Å². The van der Waals surface area contributed by atoms with Gasteiger partial charge in [0.15, 0.2) is 0 Å². The fourth-order valence-corrected chi connectivity index (χ4v) is 0.996. The SMILES string of the molecule is CCC(N)(Oc1ccccc1)C(N)=O. The van der Waals surface area contributed by atoms with Gasteiger partial charge in [-0.1, -0.05) is 25.1 Å². The summed E-state index contributed by atoms with van der Waals surface area (Å²) in [5.41, 5.74) is 9.40. The number of hydrogen-bond acceptors (Lipinski definition) is 3. The first-order chi connectivity index (χ1) is 6.58. The molecule has 1 atom stereocenters. The van der Waals surface area contributed by atoms with E-state index in [9.17, 15) is 4.79 Å². The molecule has 14 heavy (non-hydrogen) atoms. The smallest absolute Gasteiger partial charge is 0.277 e. The van der Waals surface area contributed by atoms with Crippen LogP contribution in [0.15, 0.2) is 30.3 Å². The number of carbonyl (C=O) groups excluding carboxylic acids is 1. The monoisotopic (exact) mass is 194 g/mol. The summed E-state index contributed by atoms with van der Waals surface area (Å²) in [7, 11) is 0. The maximum atomic E-state index is 11.0. The van der Waals surface area contributed by atoms with Crippen LogP contribution in [-0.4, -0.2) is 11.6 Å². The molecule has 0 aromatic heterocycles. The van der Waals surface area contributed by atoms with Gasteiger partial charge in [0.2, 0.25) is 5.72 Å². The number of ether oxygens (including phenoxy) is 1. The quantitative estimate of drug-likeness (QED) is 0.689. The molecule has 1 aromatic carbocycles. The summed E-state index contributed by atoms with van der Waals surface area (Å²) >= 11 is 0. The number of benzene rings is 1. The molecular weight excluding hydrogens is 180 g/mol. The first kappa shape index (κ1) is 10.5.